The molecule has 0 aliphatic heterocycles. The quantitative estimate of drug-likeness (QED) is 0.375. The third kappa shape index (κ3) is 3.19. The summed E-state index contributed by atoms with van der Waals surface area (Å²) in [6.45, 7) is 2.81. The van der Waals surface area contributed by atoms with Crippen molar-refractivity contribution in [1.82, 2.24) is 9.78 Å². The minimum Gasteiger partial charge on any atom is -0.424 e. The molecule has 0 unspecified atom stereocenters. The highest BCUT2D eigenvalue weighted by Gasteiger charge is 2.23. The number of carbonyl (C=O) groups excluding carboxylic acids is 1. The lowest BCUT2D eigenvalue weighted by Crippen LogP contribution is -2.18. The van der Waals surface area contributed by atoms with Gasteiger partial charge in [0.15, 0.2) is 0 Å². The maximum absolute atomic E-state index is 11.9. The van der Waals surface area contributed by atoms with Gasteiger partial charge in [0.2, 0.25) is 0 Å². The second-order valence-corrected chi connectivity index (χ2v) is 4.75. The highest BCUT2D eigenvalue weighted by Crippen LogP contribution is 2.24. The molecule has 0 aliphatic carbocycles. The van der Waals surface area contributed by atoms with Gasteiger partial charge in [-0.15, -0.1) is 0 Å². The fraction of sp³-hybridized carbons (Fsp3) is 0.231. The lowest BCUT2D eigenvalue weighted by molar-refractivity contribution is -0.386. The Kier molecular flexibility index (Phi) is 4.23. The van der Waals surface area contributed by atoms with Crippen LogP contribution in [0.15, 0.2) is 24.3 Å². The molecule has 110 valence electrons. The first-order valence-corrected chi connectivity index (χ1v) is 6.41. The molecule has 1 heterocycles. The number of benzene rings is 1. The molecule has 7 nitrogen and oxygen atoms in total. The Morgan fingerprint density at radius 1 is 1.43 bits per heavy atom. The standard InChI is InChI=1S/C13H12ClN3O4/c1-8-13(17(19)20)9(2)16(15-8)7-12(18)21-11-6-4-3-5-10(11)14/h3-6H,7H2,1-2H3. The number of aryl methyl sites for hydroxylation is 1. The first-order valence-electron chi connectivity index (χ1n) is 6.03. The number of rotatable bonds is 4. The summed E-state index contributed by atoms with van der Waals surface area (Å²) >= 11 is 5.88. The number of hydrogen-bond acceptors (Lipinski definition) is 5. The van der Waals surface area contributed by atoms with Gasteiger partial charge in [0.1, 0.15) is 23.7 Å². The average molecular weight is 310 g/mol. The van der Waals surface area contributed by atoms with Crippen LogP contribution < -0.4 is 4.74 Å². The summed E-state index contributed by atoms with van der Waals surface area (Å²) in [6, 6.07) is 6.55. The van der Waals surface area contributed by atoms with E-state index in [0.29, 0.717) is 10.7 Å². The van der Waals surface area contributed by atoms with Gasteiger partial charge in [-0.3, -0.25) is 14.8 Å². The van der Waals surface area contributed by atoms with Crippen molar-refractivity contribution in [2.24, 2.45) is 0 Å². The van der Waals surface area contributed by atoms with E-state index >= 15 is 0 Å². The molecule has 2 rings (SSSR count). The number of nitrogens with zero attached hydrogens (tertiary/aromatic N) is 3. The monoisotopic (exact) mass is 309 g/mol. The minimum atomic E-state index is -0.608. The third-order valence-corrected chi connectivity index (χ3v) is 3.18. The summed E-state index contributed by atoms with van der Waals surface area (Å²) in [5, 5.41) is 15.2. The zero-order valence-electron chi connectivity index (χ0n) is 11.4. The van der Waals surface area contributed by atoms with Gasteiger partial charge < -0.3 is 4.74 Å². The number of hydrogen-bond donors (Lipinski definition) is 0. The highest BCUT2D eigenvalue weighted by molar-refractivity contribution is 6.32. The average Bonchev–Trinajstić information content (AvgIpc) is 2.67. The molecule has 1 aromatic carbocycles. The molecule has 8 heteroatoms. The van der Waals surface area contributed by atoms with Crippen LogP contribution in [0, 0.1) is 24.0 Å². The van der Waals surface area contributed by atoms with Crippen LogP contribution in [0.4, 0.5) is 5.69 Å². The summed E-state index contributed by atoms with van der Waals surface area (Å²) < 4.78 is 6.35. The molecular weight excluding hydrogens is 298 g/mol. The summed E-state index contributed by atoms with van der Waals surface area (Å²) in [5.74, 6) is -0.371. The Hall–Kier alpha value is -2.41. The summed E-state index contributed by atoms with van der Waals surface area (Å²) in [4.78, 5) is 22.2. The Morgan fingerprint density at radius 3 is 2.67 bits per heavy atom. The van der Waals surface area contributed by atoms with Crippen LogP contribution in [0.3, 0.4) is 0 Å². The van der Waals surface area contributed by atoms with Gasteiger partial charge in [0, 0.05) is 0 Å². The number of aromatic nitrogens is 2. The van der Waals surface area contributed by atoms with Crippen LogP contribution in [0.2, 0.25) is 5.02 Å². The molecule has 0 radical (unpaired) electrons. The van der Waals surface area contributed by atoms with Crippen molar-refractivity contribution in [3.63, 3.8) is 0 Å². The van der Waals surface area contributed by atoms with Gasteiger partial charge >= 0.3 is 11.7 Å². The lowest BCUT2D eigenvalue weighted by Gasteiger charge is -2.06. The van der Waals surface area contributed by atoms with E-state index in [2.05, 4.69) is 5.10 Å². The van der Waals surface area contributed by atoms with E-state index in [1.54, 1.807) is 24.3 Å². The Balaban J connectivity index is 2.16. The van der Waals surface area contributed by atoms with Gasteiger partial charge in [-0.25, -0.2) is 4.79 Å². The van der Waals surface area contributed by atoms with Crippen LogP contribution in [-0.4, -0.2) is 20.7 Å². The number of nitro groups is 1. The van der Waals surface area contributed by atoms with Gasteiger partial charge in [-0.2, -0.15) is 5.10 Å². The minimum absolute atomic E-state index is 0.0967. The molecule has 0 amide bonds. The molecule has 0 saturated heterocycles. The molecular formula is C13H12ClN3O4. The number of ether oxygens (including phenoxy) is 1. The van der Waals surface area contributed by atoms with E-state index in [9.17, 15) is 14.9 Å². The van der Waals surface area contributed by atoms with Crippen molar-refractivity contribution in [3.8, 4) is 5.75 Å². The highest BCUT2D eigenvalue weighted by atomic mass is 35.5. The number of carbonyl (C=O) groups is 1. The third-order valence-electron chi connectivity index (χ3n) is 2.87. The summed E-state index contributed by atoms with van der Waals surface area (Å²) in [6.07, 6.45) is 0. The molecule has 1 aromatic heterocycles. The maximum Gasteiger partial charge on any atom is 0.333 e. The number of esters is 1. The van der Waals surface area contributed by atoms with E-state index in [4.69, 9.17) is 16.3 Å². The number of para-hydroxylation sites is 1. The fourth-order valence-corrected chi connectivity index (χ4v) is 2.08. The van der Waals surface area contributed by atoms with Crippen molar-refractivity contribution >= 4 is 23.3 Å². The molecule has 0 atom stereocenters. The van der Waals surface area contributed by atoms with E-state index in [0.717, 1.165) is 0 Å². The van der Waals surface area contributed by atoms with Gasteiger partial charge in [-0.05, 0) is 26.0 Å². The van der Waals surface area contributed by atoms with Crippen molar-refractivity contribution in [2.75, 3.05) is 0 Å². The predicted octanol–water partition coefficient (Wildman–Crippen LogP) is 2.67. The first-order chi connectivity index (χ1) is 9.90. The largest absolute Gasteiger partial charge is 0.424 e. The maximum atomic E-state index is 11.9. The van der Waals surface area contributed by atoms with Crippen molar-refractivity contribution in [1.29, 1.82) is 0 Å². The van der Waals surface area contributed by atoms with E-state index in [1.807, 2.05) is 0 Å². The molecule has 2 aromatic rings. The summed E-state index contributed by atoms with van der Waals surface area (Å²) in [7, 11) is 0. The lowest BCUT2D eigenvalue weighted by atomic mass is 10.3. The van der Waals surface area contributed by atoms with E-state index in [1.165, 1.54) is 18.5 Å². The second kappa shape index (κ2) is 5.92. The van der Waals surface area contributed by atoms with Gasteiger partial charge in [-0.1, -0.05) is 23.7 Å². The fourth-order valence-electron chi connectivity index (χ4n) is 1.91. The van der Waals surface area contributed by atoms with Gasteiger partial charge in [0.25, 0.3) is 0 Å². The Bertz CT molecular complexity index is 711. The zero-order valence-corrected chi connectivity index (χ0v) is 12.1. The molecule has 0 spiro atoms. The molecule has 0 bridgehead atoms. The first kappa shape index (κ1) is 15.0. The summed E-state index contributed by atoms with van der Waals surface area (Å²) in [5.41, 5.74) is 0.456. The second-order valence-electron chi connectivity index (χ2n) is 4.34. The SMILES string of the molecule is Cc1nn(CC(=O)Oc2ccccc2Cl)c(C)c1[N+](=O)[O-]. The number of halogens is 1. The molecule has 0 N–H and O–H groups in total. The van der Waals surface area contributed by atoms with Crippen LogP contribution in [0.25, 0.3) is 0 Å². The van der Waals surface area contributed by atoms with Gasteiger partial charge in [0.05, 0.1) is 9.95 Å². The molecule has 0 aliphatic rings. The predicted molar refractivity (Wildman–Crippen MR) is 75.4 cm³/mol. The van der Waals surface area contributed by atoms with Crippen LogP contribution in [0.5, 0.6) is 5.75 Å². The molecule has 21 heavy (non-hydrogen) atoms. The van der Waals surface area contributed by atoms with Crippen molar-refractivity contribution in [2.45, 2.75) is 20.4 Å². The normalized spacial score (nSPS) is 10.4. The molecule has 0 saturated carbocycles. The van der Waals surface area contributed by atoms with Crippen LogP contribution in [0.1, 0.15) is 11.4 Å². The smallest absolute Gasteiger partial charge is 0.333 e. The van der Waals surface area contributed by atoms with E-state index < -0.39 is 10.9 Å². The van der Waals surface area contributed by atoms with Crippen LogP contribution >= 0.6 is 11.6 Å². The topological polar surface area (TPSA) is 87.3 Å². The van der Waals surface area contributed by atoms with E-state index in [-0.39, 0.29) is 23.7 Å². The zero-order chi connectivity index (χ0) is 15.6. The Labute approximate surface area is 125 Å². The van der Waals surface area contributed by atoms with Crippen molar-refractivity contribution < 1.29 is 14.5 Å². The van der Waals surface area contributed by atoms with Crippen LogP contribution in [-0.2, 0) is 11.3 Å². The molecule has 0 fully saturated rings. The Morgan fingerprint density at radius 2 is 2.10 bits per heavy atom. The van der Waals surface area contributed by atoms with Crippen molar-refractivity contribution in [3.05, 3.63) is 50.8 Å².